The van der Waals surface area contributed by atoms with Crippen LogP contribution in [0, 0.1) is 0 Å². The number of rotatable bonds is 4. The van der Waals surface area contributed by atoms with Gasteiger partial charge in [0.2, 0.25) is 10.0 Å². The molecule has 0 spiro atoms. The number of sulfonamides is 1. The zero-order chi connectivity index (χ0) is 15.6. The number of benzene rings is 1. The Kier molecular flexibility index (Phi) is 5.03. The lowest BCUT2D eigenvalue weighted by Crippen LogP contribution is -2.43. The molecule has 0 saturated carbocycles. The van der Waals surface area contributed by atoms with E-state index in [0.717, 1.165) is 25.9 Å². The topological polar surface area (TPSA) is 86.7 Å². The number of carboxylic acids is 1. The Morgan fingerprint density at radius 1 is 1.38 bits per heavy atom. The van der Waals surface area contributed by atoms with Crippen LogP contribution in [0.1, 0.15) is 23.2 Å². The largest absolute Gasteiger partial charge is 0.478 e. The second-order valence-electron chi connectivity index (χ2n) is 5.15. The molecular formula is C13H17BrN2O4S. The molecule has 0 bridgehead atoms. The molecule has 0 atom stereocenters. The number of hydrogen-bond donors (Lipinski definition) is 2. The molecule has 21 heavy (non-hydrogen) atoms. The molecule has 1 heterocycles. The van der Waals surface area contributed by atoms with E-state index in [1.807, 2.05) is 7.05 Å². The van der Waals surface area contributed by atoms with Crippen molar-refractivity contribution in [3.63, 3.8) is 0 Å². The first-order valence-corrected chi connectivity index (χ1v) is 8.81. The van der Waals surface area contributed by atoms with E-state index in [2.05, 4.69) is 25.6 Å². The average Bonchev–Trinajstić information content (AvgIpc) is 2.41. The Hall–Kier alpha value is -0.960. The van der Waals surface area contributed by atoms with Crippen molar-refractivity contribution in [3.8, 4) is 0 Å². The summed E-state index contributed by atoms with van der Waals surface area (Å²) in [5.74, 6) is -1.15. The van der Waals surface area contributed by atoms with E-state index in [4.69, 9.17) is 5.11 Å². The number of hydrogen-bond acceptors (Lipinski definition) is 4. The average molecular weight is 377 g/mol. The first kappa shape index (κ1) is 16.4. The quantitative estimate of drug-likeness (QED) is 0.831. The van der Waals surface area contributed by atoms with Gasteiger partial charge in [-0.2, -0.15) is 0 Å². The molecule has 2 rings (SSSR count). The first-order valence-electron chi connectivity index (χ1n) is 6.53. The van der Waals surface area contributed by atoms with Crippen molar-refractivity contribution in [3.05, 3.63) is 28.2 Å². The van der Waals surface area contributed by atoms with Crippen LogP contribution in [0.3, 0.4) is 0 Å². The van der Waals surface area contributed by atoms with Crippen LogP contribution in [0.25, 0.3) is 0 Å². The molecule has 0 aliphatic carbocycles. The summed E-state index contributed by atoms with van der Waals surface area (Å²) in [6.45, 7) is 1.67. The smallest absolute Gasteiger partial charge is 0.335 e. The highest BCUT2D eigenvalue weighted by Crippen LogP contribution is 2.24. The van der Waals surface area contributed by atoms with E-state index in [1.54, 1.807) is 0 Å². The molecule has 2 N–H and O–H groups in total. The molecule has 1 aromatic carbocycles. The van der Waals surface area contributed by atoms with Crippen LogP contribution in [-0.4, -0.2) is 50.6 Å². The third-order valence-electron chi connectivity index (χ3n) is 3.51. The van der Waals surface area contributed by atoms with Gasteiger partial charge in [0.15, 0.2) is 0 Å². The molecule has 0 unspecified atom stereocenters. The van der Waals surface area contributed by atoms with Gasteiger partial charge in [0, 0.05) is 10.5 Å². The summed E-state index contributed by atoms with van der Waals surface area (Å²) >= 11 is 3.17. The third-order valence-corrected chi connectivity index (χ3v) is 6.02. The zero-order valence-electron chi connectivity index (χ0n) is 11.5. The second-order valence-corrected chi connectivity index (χ2v) is 7.69. The highest BCUT2D eigenvalue weighted by molar-refractivity contribution is 9.10. The standard InChI is InChI=1S/C13H17BrN2O4S/c1-16-6-4-10(5-7-16)15-21(19,20)12-8-9(13(17)18)2-3-11(12)14/h2-3,8,10,15H,4-7H2,1H3,(H,17,18). The van der Waals surface area contributed by atoms with Crippen molar-refractivity contribution < 1.29 is 18.3 Å². The number of aromatic carboxylic acids is 1. The second kappa shape index (κ2) is 6.43. The van der Waals surface area contributed by atoms with Crippen LogP contribution in [0.2, 0.25) is 0 Å². The Balaban J connectivity index is 2.23. The van der Waals surface area contributed by atoms with E-state index in [9.17, 15) is 13.2 Å². The van der Waals surface area contributed by atoms with E-state index < -0.39 is 16.0 Å². The van der Waals surface area contributed by atoms with E-state index in [0.29, 0.717) is 4.47 Å². The van der Waals surface area contributed by atoms with Gasteiger partial charge in [0.05, 0.1) is 10.5 Å². The van der Waals surface area contributed by atoms with Crippen molar-refractivity contribution in [1.82, 2.24) is 9.62 Å². The maximum atomic E-state index is 12.4. The number of carbonyl (C=O) groups is 1. The minimum absolute atomic E-state index is 0.0404. The van der Waals surface area contributed by atoms with Gasteiger partial charge in [0.1, 0.15) is 0 Å². The number of likely N-dealkylation sites (tertiary alicyclic amines) is 1. The SMILES string of the molecule is CN1CCC(NS(=O)(=O)c2cc(C(=O)O)ccc2Br)CC1. The fourth-order valence-electron chi connectivity index (χ4n) is 2.25. The molecule has 0 radical (unpaired) electrons. The predicted octanol–water partition coefficient (Wildman–Crippen LogP) is 1.52. The lowest BCUT2D eigenvalue weighted by atomic mass is 10.1. The van der Waals surface area contributed by atoms with Crippen molar-refractivity contribution >= 4 is 31.9 Å². The third kappa shape index (κ3) is 4.03. The van der Waals surface area contributed by atoms with Gasteiger partial charge in [-0.25, -0.2) is 17.9 Å². The fourth-order valence-corrected chi connectivity index (χ4v) is 4.55. The molecule has 1 aliphatic rings. The lowest BCUT2D eigenvalue weighted by molar-refractivity contribution is 0.0696. The number of nitrogens with zero attached hydrogens (tertiary/aromatic N) is 1. The molecule has 116 valence electrons. The highest BCUT2D eigenvalue weighted by atomic mass is 79.9. The lowest BCUT2D eigenvalue weighted by Gasteiger charge is -2.29. The van der Waals surface area contributed by atoms with Crippen molar-refractivity contribution in [2.45, 2.75) is 23.8 Å². The summed E-state index contributed by atoms with van der Waals surface area (Å²) in [7, 11) is -1.75. The van der Waals surface area contributed by atoms with Crippen LogP contribution in [0.15, 0.2) is 27.6 Å². The van der Waals surface area contributed by atoms with Crippen LogP contribution in [0.4, 0.5) is 0 Å². The molecule has 0 aromatic heterocycles. The van der Waals surface area contributed by atoms with Gasteiger partial charge in [-0.1, -0.05) is 0 Å². The van der Waals surface area contributed by atoms with E-state index in [-0.39, 0.29) is 16.5 Å². The van der Waals surface area contributed by atoms with Gasteiger partial charge < -0.3 is 10.0 Å². The van der Waals surface area contributed by atoms with Crippen LogP contribution in [0.5, 0.6) is 0 Å². The maximum Gasteiger partial charge on any atom is 0.335 e. The minimum Gasteiger partial charge on any atom is -0.478 e. The summed E-state index contributed by atoms with van der Waals surface area (Å²) in [6.07, 6.45) is 1.48. The van der Waals surface area contributed by atoms with Crippen LogP contribution < -0.4 is 4.72 Å². The predicted molar refractivity (Wildman–Crippen MR) is 81.9 cm³/mol. The number of nitrogens with one attached hydrogen (secondary N) is 1. The van der Waals surface area contributed by atoms with Crippen LogP contribution in [-0.2, 0) is 10.0 Å². The molecule has 1 aromatic rings. The molecule has 1 aliphatic heterocycles. The summed E-state index contributed by atoms with van der Waals surface area (Å²) in [5.41, 5.74) is -0.0537. The van der Waals surface area contributed by atoms with Gasteiger partial charge in [-0.05, 0) is 67.1 Å². The van der Waals surface area contributed by atoms with Gasteiger partial charge >= 0.3 is 5.97 Å². The first-order chi connectivity index (χ1) is 9.79. The highest BCUT2D eigenvalue weighted by Gasteiger charge is 2.25. The van der Waals surface area contributed by atoms with E-state index >= 15 is 0 Å². The maximum absolute atomic E-state index is 12.4. The molecule has 6 nitrogen and oxygen atoms in total. The Labute approximate surface area is 132 Å². The Morgan fingerprint density at radius 3 is 2.57 bits per heavy atom. The molecule has 1 saturated heterocycles. The number of carboxylic acid groups (broad SMARTS) is 1. The fraction of sp³-hybridized carbons (Fsp3) is 0.462. The molecule has 8 heteroatoms. The normalized spacial score (nSPS) is 17.8. The summed E-state index contributed by atoms with van der Waals surface area (Å²) in [5, 5.41) is 8.98. The monoisotopic (exact) mass is 376 g/mol. The number of halogens is 1. The van der Waals surface area contributed by atoms with Crippen molar-refractivity contribution in [2.24, 2.45) is 0 Å². The number of piperidine rings is 1. The summed E-state index contributed by atoms with van der Waals surface area (Å²) in [6, 6.07) is 3.85. The molecule has 1 fully saturated rings. The Morgan fingerprint density at radius 2 is 2.00 bits per heavy atom. The minimum atomic E-state index is -3.74. The zero-order valence-corrected chi connectivity index (χ0v) is 13.9. The van der Waals surface area contributed by atoms with Gasteiger partial charge in [0.25, 0.3) is 0 Å². The molecule has 0 amide bonds. The van der Waals surface area contributed by atoms with Gasteiger partial charge in [-0.15, -0.1) is 0 Å². The van der Waals surface area contributed by atoms with Crippen LogP contribution >= 0.6 is 15.9 Å². The van der Waals surface area contributed by atoms with Crippen molar-refractivity contribution in [2.75, 3.05) is 20.1 Å². The van der Waals surface area contributed by atoms with E-state index in [1.165, 1.54) is 18.2 Å². The summed E-state index contributed by atoms with van der Waals surface area (Å²) < 4.78 is 27.9. The van der Waals surface area contributed by atoms with Gasteiger partial charge in [-0.3, -0.25) is 0 Å². The molecular weight excluding hydrogens is 360 g/mol. The summed E-state index contributed by atoms with van der Waals surface area (Å²) in [4.78, 5) is 13.1. The van der Waals surface area contributed by atoms with Crippen molar-refractivity contribution in [1.29, 1.82) is 0 Å². The Bertz CT molecular complexity index is 640.